The van der Waals surface area contributed by atoms with Crippen LogP contribution in [-0.2, 0) is 14.2 Å². The van der Waals surface area contributed by atoms with Crippen LogP contribution in [0.15, 0.2) is 30.3 Å². The molecule has 1 aromatic carbocycles. The van der Waals surface area contributed by atoms with Crippen molar-refractivity contribution in [2.75, 3.05) is 20.3 Å². The van der Waals surface area contributed by atoms with Crippen LogP contribution in [0.25, 0.3) is 0 Å². The number of esters is 1. The van der Waals surface area contributed by atoms with Gasteiger partial charge in [0.1, 0.15) is 0 Å². The molecule has 1 aromatic rings. The minimum Gasteiger partial charge on any atom is -0.465 e. The standard InChI is InChI=1S/C8H14O2.C8H8O2/c1-2-4-8(5-3-1)9-6-7-10-8;1-10-8(9)7-5-3-2-4-6-7/h1-7H2;2-6H,1H3. The summed E-state index contributed by atoms with van der Waals surface area (Å²) in [6.45, 7) is 1.61. The number of carbonyl (C=O) groups is 1. The summed E-state index contributed by atoms with van der Waals surface area (Å²) < 4.78 is 15.6. The van der Waals surface area contributed by atoms with Crippen molar-refractivity contribution in [3.05, 3.63) is 35.9 Å². The molecule has 2 aliphatic rings. The molecule has 20 heavy (non-hydrogen) atoms. The molecule has 1 saturated heterocycles. The topological polar surface area (TPSA) is 44.8 Å². The van der Waals surface area contributed by atoms with Gasteiger partial charge in [0.15, 0.2) is 5.79 Å². The molecule has 0 aromatic heterocycles. The van der Waals surface area contributed by atoms with E-state index in [1.54, 1.807) is 24.3 Å². The Kier molecular flexibility index (Phi) is 5.56. The number of carbonyl (C=O) groups excluding carboxylic acids is 1. The second-order valence-electron chi connectivity index (χ2n) is 5.03. The largest absolute Gasteiger partial charge is 0.465 e. The van der Waals surface area contributed by atoms with E-state index in [0.29, 0.717) is 5.56 Å². The molecule has 0 bridgehead atoms. The number of ether oxygens (including phenoxy) is 3. The molecular weight excluding hydrogens is 256 g/mol. The Bertz CT molecular complexity index is 402. The van der Waals surface area contributed by atoms with Gasteiger partial charge in [-0.05, 0) is 25.0 Å². The van der Waals surface area contributed by atoms with Crippen molar-refractivity contribution in [3.63, 3.8) is 0 Å². The molecule has 0 unspecified atom stereocenters. The Morgan fingerprint density at radius 2 is 1.65 bits per heavy atom. The fourth-order valence-corrected chi connectivity index (χ4v) is 2.57. The van der Waals surface area contributed by atoms with Crippen molar-refractivity contribution in [2.45, 2.75) is 37.9 Å². The van der Waals surface area contributed by atoms with Gasteiger partial charge in [0.2, 0.25) is 0 Å². The maximum absolute atomic E-state index is 10.8. The third-order valence-electron chi connectivity index (χ3n) is 3.62. The van der Waals surface area contributed by atoms with Crippen LogP contribution in [0.1, 0.15) is 42.5 Å². The lowest BCUT2D eigenvalue weighted by Gasteiger charge is -2.30. The lowest BCUT2D eigenvalue weighted by Crippen LogP contribution is -2.32. The summed E-state index contributed by atoms with van der Waals surface area (Å²) >= 11 is 0. The molecule has 1 heterocycles. The second-order valence-corrected chi connectivity index (χ2v) is 5.03. The van der Waals surface area contributed by atoms with E-state index in [2.05, 4.69) is 4.74 Å². The van der Waals surface area contributed by atoms with Gasteiger partial charge < -0.3 is 14.2 Å². The van der Waals surface area contributed by atoms with Crippen molar-refractivity contribution >= 4 is 5.97 Å². The van der Waals surface area contributed by atoms with Crippen LogP contribution in [0.4, 0.5) is 0 Å². The molecule has 0 amide bonds. The number of hydrogen-bond acceptors (Lipinski definition) is 4. The SMILES string of the molecule is C1CCC2(CC1)OCCO2.COC(=O)c1ccccc1. The Balaban J connectivity index is 0.000000147. The highest BCUT2D eigenvalue weighted by Crippen LogP contribution is 2.35. The quantitative estimate of drug-likeness (QED) is 0.740. The first-order valence-corrected chi connectivity index (χ1v) is 7.17. The summed E-state index contributed by atoms with van der Waals surface area (Å²) in [5, 5.41) is 0. The van der Waals surface area contributed by atoms with E-state index < -0.39 is 0 Å². The predicted molar refractivity (Wildman–Crippen MR) is 75.5 cm³/mol. The Labute approximate surface area is 120 Å². The third kappa shape index (κ3) is 4.05. The Morgan fingerprint density at radius 3 is 2.20 bits per heavy atom. The summed E-state index contributed by atoms with van der Waals surface area (Å²) in [5.74, 6) is -0.418. The molecule has 0 atom stereocenters. The van der Waals surface area contributed by atoms with Crippen molar-refractivity contribution in [3.8, 4) is 0 Å². The molecule has 1 aliphatic heterocycles. The molecule has 4 heteroatoms. The van der Waals surface area contributed by atoms with Crippen molar-refractivity contribution in [1.82, 2.24) is 0 Å². The van der Waals surface area contributed by atoms with Crippen LogP contribution in [0, 0.1) is 0 Å². The van der Waals surface area contributed by atoms with Crippen LogP contribution in [0.5, 0.6) is 0 Å². The maximum Gasteiger partial charge on any atom is 0.337 e. The van der Waals surface area contributed by atoms with E-state index in [1.807, 2.05) is 6.07 Å². The van der Waals surface area contributed by atoms with Gasteiger partial charge in [-0.15, -0.1) is 0 Å². The summed E-state index contributed by atoms with van der Waals surface area (Å²) in [4.78, 5) is 10.8. The third-order valence-corrected chi connectivity index (χ3v) is 3.62. The number of benzene rings is 1. The monoisotopic (exact) mass is 278 g/mol. The van der Waals surface area contributed by atoms with E-state index >= 15 is 0 Å². The number of methoxy groups -OCH3 is 1. The van der Waals surface area contributed by atoms with E-state index in [-0.39, 0.29) is 11.8 Å². The van der Waals surface area contributed by atoms with Gasteiger partial charge in [0.05, 0.1) is 25.9 Å². The zero-order chi connectivity index (χ0) is 14.3. The number of hydrogen-bond donors (Lipinski definition) is 0. The van der Waals surface area contributed by atoms with Crippen LogP contribution in [0.3, 0.4) is 0 Å². The van der Waals surface area contributed by atoms with Gasteiger partial charge in [-0.25, -0.2) is 4.79 Å². The van der Waals surface area contributed by atoms with E-state index in [0.717, 1.165) is 26.1 Å². The smallest absolute Gasteiger partial charge is 0.337 e. The first kappa shape index (κ1) is 15.0. The van der Waals surface area contributed by atoms with Gasteiger partial charge in [-0.3, -0.25) is 0 Å². The zero-order valence-corrected chi connectivity index (χ0v) is 12.0. The molecule has 110 valence electrons. The maximum atomic E-state index is 10.8. The molecule has 4 nitrogen and oxygen atoms in total. The van der Waals surface area contributed by atoms with E-state index in [4.69, 9.17) is 9.47 Å². The van der Waals surface area contributed by atoms with Crippen LogP contribution in [-0.4, -0.2) is 32.1 Å². The highest BCUT2D eigenvalue weighted by molar-refractivity contribution is 5.89. The van der Waals surface area contributed by atoms with E-state index in [1.165, 1.54) is 26.4 Å². The van der Waals surface area contributed by atoms with Crippen LogP contribution < -0.4 is 0 Å². The zero-order valence-electron chi connectivity index (χ0n) is 12.0. The summed E-state index contributed by atoms with van der Waals surface area (Å²) in [6.07, 6.45) is 6.15. The fraction of sp³-hybridized carbons (Fsp3) is 0.562. The molecule has 1 aliphatic carbocycles. The lowest BCUT2D eigenvalue weighted by atomic mass is 9.94. The fourth-order valence-electron chi connectivity index (χ4n) is 2.57. The van der Waals surface area contributed by atoms with Crippen molar-refractivity contribution in [2.24, 2.45) is 0 Å². The highest BCUT2D eigenvalue weighted by Gasteiger charge is 2.37. The van der Waals surface area contributed by atoms with Crippen molar-refractivity contribution < 1.29 is 19.0 Å². The molecule has 0 N–H and O–H groups in total. The van der Waals surface area contributed by atoms with E-state index in [9.17, 15) is 4.79 Å². The Morgan fingerprint density at radius 1 is 1.05 bits per heavy atom. The number of rotatable bonds is 1. The van der Waals surface area contributed by atoms with Gasteiger partial charge in [-0.2, -0.15) is 0 Å². The van der Waals surface area contributed by atoms with Crippen LogP contribution in [0.2, 0.25) is 0 Å². The van der Waals surface area contributed by atoms with Crippen LogP contribution >= 0.6 is 0 Å². The van der Waals surface area contributed by atoms with Crippen molar-refractivity contribution in [1.29, 1.82) is 0 Å². The van der Waals surface area contributed by atoms with Gasteiger partial charge >= 0.3 is 5.97 Å². The first-order valence-electron chi connectivity index (χ1n) is 7.17. The summed E-state index contributed by atoms with van der Waals surface area (Å²) in [6, 6.07) is 8.88. The molecule has 0 radical (unpaired) electrons. The van der Waals surface area contributed by atoms with Gasteiger partial charge in [-0.1, -0.05) is 24.6 Å². The Hall–Kier alpha value is -1.39. The minimum absolute atomic E-state index is 0.127. The predicted octanol–water partition coefficient (Wildman–Crippen LogP) is 3.17. The average molecular weight is 278 g/mol. The summed E-state index contributed by atoms with van der Waals surface area (Å²) in [7, 11) is 1.37. The second kappa shape index (κ2) is 7.41. The highest BCUT2D eigenvalue weighted by atomic mass is 16.7. The first-order chi connectivity index (χ1) is 9.76. The molecular formula is C16H22O4. The molecule has 3 rings (SSSR count). The molecule has 1 spiro atoms. The molecule has 2 fully saturated rings. The summed E-state index contributed by atoms with van der Waals surface area (Å²) in [5.41, 5.74) is 0.588. The normalized spacial score (nSPS) is 20.1. The average Bonchev–Trinajstić information content (AvgIpc) is 2.96. The minimum atomic E-state index is -0.291. The molecule has 1 saturated carbocycles. The van der Waals surface area contributed by atoms with Gasteiger partial charge in [0, 0.05) is 12.8 Å². The lowest BCUT2D eigenvalue weighted by molar-refractivity contribution is -0.176. The van der Waals surface area contributed by atoms with Gasteiger partial charge in [0.25, 0.3) is 0 Å².